The number of hydrogen-bond acceptors (Lipinski definition) is 5. The van der Waals surface area contributed by atoms with Crippen LogP contribution in [0.15, 0.2) is 24.5 Å². The summed E-state index contributed by atoms with van der Waals surface area (Å²) in [6.07, 6.45) is -2.70. The number of Topliss-reactive ketones (excluding diaryl/α,β-unsaturated/α-hetero) is 1. The Morgan fingerprint density at radius 1 is 1.33 bits per heavy atom. The van der Waals surface area contributed by atoms with E-state index in [4.69, 9.17) is 4.74 Å². The summed E-state index contributed by atoms with van der Waals surface area (Å²) in [5.41, 5.74) is 1.16. The molecule has 0 aliphatic carbocycles. The van der Waals surface area contributed by atoms with Crippen molar-refractivity contribution in [2.75, 3.05) is 7.11 Å². The molecule has 2 heterocycles. The van der Waals surface area contributed by atoms with Gasteiger partial charge in [-0.15, -0.1) is 0 Å². The fourth-order valence-electron chi connectivity index (χ4n) is 2.77. The van der Waals surface area contributed by atoms with Crippen LogP contribution >= 0.6 is 0 Å². The number of aromatic nitrogens is 2. The lowest BCUT2D eigenvalue weighted by Gasteiger charge is -2.17. The second kappa shape index (κ2) is 8.27. The van der Waals surface area contributed by atoms with Gasteiger partial charge in [0.1, 0.15) is 17.5 Å². The van der Waals surface area contributed by atoms with Crippen LogP contribution in [0.25, 0.3) is 0 Å². The third kappa shape index (κ3) is 4.89. The average molecular weight is 377 g/mol. The molecule has 8 heteroatoms. The molecule has 0 saturated heterocycles. The van der Waals surface area contributed by atoms with Crippen molar-refractivity contribution >= 4 is 5.78 Å². The monoisotopic (exact) mass is 377 g/mol. The molecule has 2 aromatic rings. The molecule has 0 N–H and O–H groups in total. The molecule has 0 bridgehead atoms. The first kappa shape index (κ1) is 20.5. The van der Waals surface area contributed by atoms with E-state index in [0.29, 0.717) is 22.4 Å². The van der Waals surface area contributed by atoms with Gasteiger partial charge in [-0.3, -0.25) is 14.8 Å². The van der Waals surface area contributed by atoms with E-state index in [1.807, 2.05) is 0 Å². The lowest BCUT2D eigenvalue weighted by Crippen LogP contribution is -2.14. The highest BCUT2D eigenvalue weighted by Crippen LogP contribution is 2.29. The lowest BCUT2D eigenvalue weighted by molar-refractivity contribution is -0.141. The SMILES string of the molecule is CO[C@H](C)c1c(CC(=O)Cc2ccnc(C(F)(F)F)c2)cnc(C)c1C#N. The maximum absolute atomic E-state index is 12.8. The number of ether oxygens (including phenoxy) is 1. The van der Waals surface area contributed by atoms with Crippen LogP contribution in [0.5, 0.6) is 0 Å². The molecule has 0 aliphatic heterocycles. The number of rotatable bonds is 6. The Hall–Kier alpha value is -2.79. The number of carbonyl (C=O) groups excluding carboxylic acids is 1. The molecule has 0 saturated carbocycles. The van der Waals surface area contributed by atoms with Crippen LogP contribution in [-0.2, 0) is 28.5 Å². The Labute approximate surface area is 154 Å². The van der Waals surface area contributed by atoms with Crippen molar-refractivity contribution in [1.82, 2.24) is 9.97 Å². The van der Waals surface area contributed by atoms with Crippen LogP contribution in [0.4, 0.5) is 13.2 Å². The minimum Gasteiger partial charge on any atom is -0.377 e. The average Bonchev–Trinajstić information content (AvgIpc) is 2.61. The van der Waals surface area contributed by atoms with Crippen LogP contribution in [0.2, 0.25) is 0 Å². The number of methoxy groups -OCH3 is 1. The van der Waals surface area contributed by atoms with Crippen molar-refractivity contribution in [3.63, 3.8) is 0 Å². The van der Waals surface area contributed by atoms with Gasteiger partial charge in [0.15, 0.2) is 0 Å². The summed E-state index contributed by atoms with van der Waals surface area (Å²) in [7, 11) is 1.49. The largest absolute Gasteiger partial charge is 0.433 e. The van der Waals surface area contributed by atoms with Crippen molar-refractivity contribution < 1.29 is 22.7 Å². The number of nitrogens with zero attached hydrogens (tertiary/aromatic N) is 3. The maximum atomic E-state index is 12.8. The van der Waals surface area contributed by atoms with Crippen LogP contribution < -0.4 is 0 Å². The molecule has 0 aromatic carbocycles. The van der Waals surface area contributed by atoms with E-state index < -0.39 is 18.0 Å². The summed E-state index contributed by atoms with van der Waals surface area (Å²) >= 11 is 0. The molecule has 0 radical (unpaired) electrons. The summed E-state index contributed by atoms with van der Waals surface area (Å²) in [6.45, 7) is 3.44. The van der Waals surface area contributed by atoms with Crippen molar-refractivity contribution in [2.45, 2.75) is 39.0 Å². The third-order valence-electron chi connectivity index (χ3n) is 4.17. The summed E-state index contributed by atoms with van der Waals surface area (Å²) < 4.78 is 43.6. The molecular formula is C19H18F3N3O2. The van der Waals surface area contributed by atoms with Gasteiger partial charge in [-0.1, -0.05) is 0 Å². The predicted molar refractivity (Wildman–Crippen MR) is 90.8 cm³/mol. The number of halogens is 3. The summed E-state index contributed by atoms with van der Waals surface area (Å²) in [4.78, 5) is 19.9. The van der Waals surface area contributed by atoms with Crippen LogP contribution in [0.3, 0.4) is 0 Å². The molecule has 5 nitrogen and oxygen atoms in total. The van der Waals surface area contributed by atoms with E-state index in [1.54, 1.807) is 13.8 Å². The van der Waals surface area contributed by atoms with E-state index >= 15 is 0 Å². The second-order valence-corrected chi connectivity index (χ2v) is 6.09. The molecule has 0 unspecified atom stereocenters. The van der Waals surface area contributed by atoms with Gasteiger partial charge in [-0.2, -0.15) is 18.4 Å². The van der Waals surface area contributed by atoms with Gasteiger partial charge in [0, 0.05) is 37.9 Å². The normalized spacial score (nSPS) is 12.5. The Morgan fingerprint density at radius 3 is 2.63 bits per heavy atom. The minimum atomic E-state index is -4.57. The van der Waals surface area contributed by atoms with Crippen LogP contribution in [0, 0.1) is 18.3 Å². The first-order valence-corrected chi connectivity index (χ1v) is 8.12. The molecule has 0 spiro atoms. The predicted octanol–water partition coefficient (Wildman–Crippen LogP) is 3.74. The number of pyridine rings is 2. The summed E-state index contributed by atoms with van der Waals surface area (Å²) in [6, 6.07) is 4.32. The summed E-state index contributed by atoms with van der Waals surface area (Å²) in [5, 5.41) is 9.40. The number of carbonyl (C=O) groups is 1. The molecule has 142 valence electrons. The van der Waals surface area contributed by atoms with Gasteiger partial charge in [0.25, 0.3) is 0 Å². The van der Waals surface area contributed by atoms with Crippen LogP contribution in [-0.4, -0.2) is 22.9 Å². The van der Waals surface area contributed by atoms with Gasteiger partial charge in [-0.05, 0) is 37.1 Å². The van der Waals surface area contributed by atoms with Gasteiger partial charge in [0.05, 0.1) is 17.4 Å². The standard InChI is InChI=1S/C19H18F3N3O2/c1-11-16(9-23)18(12(2)27-3)14(10-25-11)8-15(26)6-13-4-5-24-17(7-13)19(20,21)22/h4-5,7,10,12H,6,8H2,1-3H3/t12-/m1/s1. The van der Waals surface area contributed by atoms with Gasteiger partial charge in [-0.25, -0.2) is 0 Å². The molecule has 1 atom stereocenters. The second-order valence-electron chi connectivity index (χ2n) is 6.09. The van der Waals surface area contributed by atoms with Gasteiger partial charge >= 0.3 is 6.18 Å². The number of alkyl halides is 3. The minimum absolute atomic E-state index is 0.0608. The molecule has 0 aliphatic rings. The molecule has 2 aromatic heterocycles. The number of hydrogen-bond donors (Lipinski definition) is 0. The highest BCUT2D eigenvalue weighted by Gasteiger charge is 2.32. The van der Waals surface area contributed by atoms with Crippen molar-refractivity contribution in [3.05, 3.63) is 58.2 Å². The highest BCUT2D eigenvalue weighted by atomic mass is 19.4. The Kier molecular flexibility index (Phi) is 6.28. The third-order valence-corrected chi connectivity index (χ3v) is 4.17. The quantitative estimate of drug-likeness (QED) is 0.767. The molecule has 27 heavy (non-hydrogen) atoms. The van der Waals surface area contributed by atoms with E-state index in [2.05, 4.69) is 16.0 Å². The first-order chi connectivity index (χ1) is 12.7. The van der Waals surface area contributed by atoms with Crippen molar-refractivity contribution in [2.24, 2.45) is 0 Å². The first-order valence-electron chi connectivity index (χ1n) is 8.12. The molecule has 2 rings (SSSR count). The smallest absolute Gasteiger partial charge is 0.377 e. The van der Waals surface area contributed by atoms with Gasteiger partial charge < -0.3 is 4.74 Å². The molecular weight excluding hydrogens is 359 g/mol. The van der Waals surface area contributed by atoms with E-state index in [1.165, 1.54) is 19.4 Å². The zero-order chi connectivity index (χ0) is 20.2. The van der Waals surface area contributed by atoms with E-state index in [0.717, 1.165) is 12.3 Å². The molecule has 0 amide bonds. The summed E-state index contributed by atoms with van der Waals surface area (Å²) in [5.74, 6) is -0.298. The van der Waals surface area contributed by atoms with Crippen molar-refractivity contribution in [3.8, 4) is 6.07 Å². The van der Waals surface area contributed by atoms with Gasteiger partial charge in [0.2, 0.25) is 0 Å². The number of nitriles is 1. The Morgan fingerprint density at radius 2 is 2.04 bits per heavy atom. The zero-order valence-electron chi connectivity index (χ0n) is 15.1. The number of ketones is 1. The van der Waals surface area contributed by atoms with Crippen molar-refractivity contribution in [1.29, 1.82) is 5.26 Å². The Bertz CT molecular complexity index is 889. The topological polar surface area (TPSA) is 75.9 Å². The molecule has 0 fully saturated rings. The Balaban J connectivity index is 2.28. The lowest BCUT2D eigenvalue weighted by atomic mass is 9.93. The number of aryl methyl sites for hydroxylation is 1. The highest BCUT2D eigenvalue weighted by molar-refractivity contribution is 5.83. The van der Waals surface area contributed by atoms with Crippen LogP contribution in [0.1, 0.15) is 46.7 Å². The maximum Gasteiger partial charge on any atom is 0.433 e. The van der Waals surface area contributed by atoms with E-state index in [-0.39, 0.29) is 24.2 Å². The fourth-order valence-corrected chi connectivity index (χ4v) is 2.77. The zero-order valence-corrected chi connectivity index (χ0v) is 15.1. The fraction of sp³-hybridized carbons (Fsp3) is 0.368. The van der Waals surface area contributed by atoms with E-state index in [9.17, 15) is 23.2 Å².